The molecule has 0 saturated carbocycles. The number of rotatable bonds is 2. The molecule has 0 bridgehead atoms. The van der Waals surface area contributed by atoms with Crippen molar-refractivity contribution in [3.8, 4) is 11.8 Å². The topological polar surface area (TPSA) is 63.3 Å². The van der Waals surface area contributed by atoms with Gasteiger partial charge in [-0.1, -0.05) is 36.2 Å². The van der Waals surface area contributed by atoms with Gasteiger partial charge < -0.3 is 10.8 Å². The lowest BCUT2D eigenvalue weighted by atomic mass is 10.1. The molecule has 1 aromatic rings. The molecule has 0 unspecified atom stereocenters. The van der Waals surface area contributed by atoms with Gasteiger partial charge in [-0.2, -0.15) is 0 Å². The molecular formula is C11H9NO2S. The van der Waals surface area contributed by atoms with Crippen LogP contribution in [0.1, 0.15) is 17.5 Å². The summed E-state index contributed by atoms with van der Waals surface area (Å²) in [7, 11) is 0. The molecule has 0 aliphatic heterocycles. The van der Waals surface area contributed by atoms with Crippen LogP contribution >= 0.6 is 12.2 Å². The standard InChI is InChI=1S/C11H9NO2S/c12-11(15)9-6-4-8(5-7-9)2-1-3-10(13)14/h4-7H,3H2,(H2,12,15)(H,13,14). The molecule has 1 aromatic carbocycles. The van der Waals surface area contributed by atoms with Gasteiger partial charge >= 0.3 is 5.97 Å². The second-order valence-electron chi connectivity index (χ2n) is 2.81. The van der Waals surface area contributed by atoms with Crippen molar-refractivity contribution >= 4 is 23.2 Å². The van der Waals surface area contributed by atoms with Crippen molar-refractivity contribution < 1.29 is 9.90 Å². The highest BCUT2D eigenvalue weighted by Crippen LogP contribution is 2.02. The smallest absolute Gasteiger partial charge is 0.315 e. The molecule has 0 aliphatic carbocycles. The summed E-state index contributed by atoms with van der Waals surface area (Å²) >= 11 is 4.79. The third-order valence-corrected chi connectivity index (χ3v) is 1.88. The van der Waals surface area contributed by atoms with Crippen molar-refractivity contribution in [3.05, 3.63) is 35.4 Å². The summed E-state index contributed by atoms with van der Waals surface area (Å²) in [6.07, 6.45) is -0.156. The summed E-state index contributed by atoms with van der Waals surface area (Å²) in [5, 5.41) is 8.37. The third kappa shape index (κ3) is 3.79. The van der Waals surface area contributed by atoms with E-state index >= 15 is 0 Å². The predicted molar refractivity (Wildman–Crippen MR) is 61.5 cm³/mol. The van der Waals surface area contributed by atoms with Crippen molar-refractivity contribution in [2.45, 2.75) is 6.42 Å². The monoisotopic (exact) mass is 219 g/mol. The van der Waals surface area contributed by atoms with E-state index in [-0.39, 0.29) is 6.42 Å². The van der Waals surface area contributed by atoms with Crippen molar-refractivity contribution in [1.82, 2.24) is 0 Å². The number of aliphatic carboxylic acids is 1. The highest BCUT2D eigenvalue weighted by atomic mass is 32.1. The summed E-state index contributed by atoms with van der Waals surface area (Å²) in [6, 6.07) is 7.02. The maximum atomic E-state index is 10.2. The first-order valence-corrected chi connectivity index (χ1v) is 4.61. The SMILES string of the molecule is NC(=S)c1ccc(C#CCC(=O)O)cc1. The van der Waals surface area contributed by atoms with Crippen LogP contribution in [0.25, 0.3) is 0 Å². The molecule has 1 rings (SSSR count). The number of hydrogen-bond acceptors (Lipinski definition) is 2. The summed E-state index contributed by atoms with van der Waals surface area (Å²) in [5.41, 5.74) is 6.94. The molecule has 4 heteroatoms. The zero-order valence-electron chi connectivity index (χ0n) is 7.86. The minimum atomic E-state index is -0.928. The Bertz CT molecular complexity index is 440. The highest BCUT2D eigenvalue weighted by molar-refractivity contribution is 7.80. The van der Waals surface area contributed by atoms with Gasteiger partial charge in [0.05, 0.1) is 0 Å². The minimum absolute atomic E-state index is 0.156. The first-order chi connectivity index (χ1) is 7.09. The van der Waals surface area contributed by atoms with Crippen molar-refractivity contribution in [2.24, 2.45) is 5.73 Å². The second-order valence-corrected chi connectivity index (χ2v) is 3.25. The van der Waals surface area contributed by atoms with Crippen LogP contribution < -0.4 is 5.73 Å². The van der Waals surface area contributed by atoms with Gasteiger partial charge in [0, 0.05) is 11.1 Å². The maximum Gasteiger partial charge on any atom is 0.315 e. The minimum Gasteiger partial charge on any atom is -0.481 e. The average Bonchev–Trinajstić information content (AvgIpc) is 2.18. The Labute approximate surface area is 92.9 Å². The zero-order chi connectivity index (χ0) is 11.3. The number of benzene rings is 1. The maximum absolute atomic E-state index is 10.2. The molecule has 0 fully saturated rings. The van der Waals surface area contributed by atoms with Gasteiger partial charge in [-0.25, -0.2) is 0 Å². The van der Waals surface area contributed by atoms with Crippen molar-refractivity contribution in [3.63, 3.8) is 0 Å². The number of thiocarbonyl (C=S) groups is 1. The molecule has 0 radical (unpaired) electrons. The Balaban J connectivity index is 2.75. The fourth-order valence-corrected chi connectivity index (χ4v) is 1.08. The van der Waals surface area contributed by atoms with Crippen LogP contribution in [-0.4, -0.2) is 16.1 Å². The summed E-state index contributed by atoms with van der Waals surface area (Å²) < 4.78 is 0. The second kappa shape index (κ2) is 5.13. The van der Waals surface area contributed by atoms with E-state index in [1.165, 1.54) is 0 Å². The van der Waals surface area contributed by atoms with E-state index in [1.807, 2.05) is 0 Å². The van der Waals surface area contributed by atoms with Gasteiger partial charge in [-0.15, -0.1) is 0 Å². The molecule has 3 N–H and O–H groups in total. The molecule has 0 spiro atoms. The number of nitrogens with two attached hydrogens (primary N) is 1. The Hall–Kier alpha value is -1.86. The fraction of sp³-hybridized carbons (Fsp3) is 0.0909. The fourth-order valence-electron chi connectivity index (χ4n) is 0.940. The van der Waals surface area contributed by atoms with Crippen LogP contribution in [0.3, 0.4) is 0 Å². The molecule has 0 atom stereocenters. The van der Waals surface area contributed by atoms with E-state index in [0.29, 0.717) is 4.99 Å². The van der Waals surface area contributed by atoms with Gasteiger partial charge in [-0.3, -0.25) is 4.79 Å². The molecule has 0 aliphatic rings. The molecule has 0 amide bonds. The first-order valence-electron chi connectivity index (χ1n) is 4.20. The Morgan fingerprint density at radius 2 is 2.00 bits per heavy atom. The van der Waals surface area contributed by atoms with Gasteiger partial charge in [0.15, 0.2) is 0 Å². The van der Waals surface area contributed by atoms with Crippen molar-refractivity contribution in [2.75, 3.05) is 0 Å². The Morgan fingerprint density at radius 3 is 2.47 bits per heavy atom. The molecule has 3 nitrogen and oxygen atoms in total. The number of carboxylic acid groups (broad SMARTS) is 1. The van der Waals surface area contributed by atoms with E-state index in [4.69, 9.17) is 23.1 Å². The summed E-state index contributed by atoms with van der Waals surface area (Å²) in [4.78, 5) is 10.5. The molecular weight excluding hydrogens is 210 g/mol. The lowest BCUT2D eigenvalue weighted by molar-refractivity contribution is -0.135. The van der Waals surface area contributed by atoms with Crippen LogP contribution in [-0.2, 0) is 4.79 Å². The van der Waals surface area contributed by atoms with Gasteiger partial charge in [0.2, 0.25) is 0 Å². The predicted octanol–water partition coefficient (Wildman–Crippen LogP) is 1.15. The van der Waals surface area contributed by atoms with Crippen molar-refractivity contribution in [1.29, 1.82) is 0 Å². The molecule has 0 aromatic heterocycles. The largest absolute Gasteiger partial charge is 0.481 e. The van der Waals surface area contributed by atoms with Crippen LogP contribution in [0.15, 0.2) is 24.3 Å². The lowest BCUT2D eigenvalue weighted by Crippen LogP contribution is -2.08. The van der Waals surface area contributed by atoms with Crippen LogP contribution in [0.4, 0.5) is 0 Å². The average molecular weight is 219 g/mol. The quantitative estimate of drug-likeness (QED) is 0.578. The normalized spacial score (nSPS) is 8.80. The highest BCUT2D eigenvalue weighted by Gasteiger charge is 1.94. The number of hydrogen-bond donors (Lipinski definition) is 2. The van der Waals surface area contributed by atoms with Crippen LogP contribution in [0, 0.1) is 11.8 Å². The van der Waals surface area contributed by atoms with E-state index in [9.17, 15) is 4.79 Å². The van der Waals surface area contributed by atoms with Crippen LogP contribution in [0.5, 0.6) is 0 Å². The Morgan fingerprint density at radius 1 is 1.40 bits per heavy atom. The van der Waals surface area contributed by atoms with E-state index < -0.39 is 5.97 Å². The summed E-state index contributed by atoms with van der Waals surface area (Å²) in [6.45, 7) is 0. The molecule has 0 saturated heterocycles. The number of carbonyl (C=O) groups is 1. The molecule has 76 valence electrons. The van der Waals surface area contributed by atoms with E-state index in [0.717, 1.165) is 11.1 Å². The number of carboxylic acids is 1. The first kappa shape index (κ1) is 11.2. The molecule has 0 heterocycles. The lowest BCUT2D eigenvalue weighted by Gasteiger charge is -1.96. The third-order valence-electron chi connectivity index (χ3n) is 1.64. The Kier molecular flexibility index (Phi) is 3.83. The molecule has 15 heavy (non-hydrogen) atoms. The summed E-state index contributed by atoms with van der Waals surface area (Å²) in [5.74, 6) is 4.33. The van der Waals surface area contributed by atoms with E-state index in [1.54, 1.807) is 24.3 Å². The van der Waals surface area contributed by atoms with Gasteiger partial charge in [0.1, 0.15) is 11.4 Å². The van der Waals surface area contributed by atoms with E-state index in [2.05, 4.69) is 11.8 Å². The van der Waals surface area contributed by atoms with Gasteiger partial charge in [0.25, 0.3) is 0 Å². The van der Waals surface area contributed by atoms with Crippen LogP contribution in [0.2, 0.25) is 0 Å². The van der Waals surface area contributed by atoms with Gasteiger partial charge in [-0.05, 0) is 12.1 Å². The zero-order valence-corrected chi connectivity index (χ0v) is 8.67.